The number of nitrogens with one attached hydrogen (secondary N) is 1. The van der Waals surface area contributed by atoms with Crippen LogP contribution in [0.1, 0.15) is 6.42 Å². The van der Waals surface area contributed by atoms with E-state index in [1.165, 1.54) is 4.67 Å². The number of hydroxylamine groups is 1. The Morgan fingerprint density at radius 2 is 2.17 bits per heavy atom. The molecule has 0 spiro atoms. The Hall–Kier alpha value is -1.20. The van der Waals surface area contributed by atoms with Crippen molar-refractivity contribution >= 4 is 18.7 Å². The van der Waals surface area contributed by atoms with Crippen molar-refractivity contribution in [2.75, 3.05) is 19.7 Å². The van der Waals surface area contributed by atoms with Gasteiger partial charge in [-0.2, -0.15) is 0 Å². The molecule has 7 heteroatoms. The number of carbonyl (C=O) groups excluding carboxylic acids is 1. The lowest BCUT2D eigenvalue weighted by Crippen LogP contribution is -2.40. The highest BCUT2D eigenvalue weighted by molar-refractivity contribution is 7.64. The lowest BCUT2D eigenvalue weighted by molar-refractivity contribution is -0.129. The molecule has 1 aliphatic heterocycles. The van der Waals surface area contributed by atoms with Crippen LogP contribution in [-0.4, -0.2) is 35.5 Å². The van der Waals surface area contributed by atoms with Gasteiger partial charge in [-0.15, -0.1) is 0 Å². The normalized spacial score (nSPS) is 24.7. The Bertz CT molecular complexity index is 465. The lowest BCUT2D eigenvalue weighted by Gasteiger charge is -2.34. The van der Waals surface area contributed by atoms with E-state index in [1.807, 2.05) is 6.07 Å². The third-order valence-corrected chi connectivity index (χ3v) is 5.30. The average Bonchev–Trinajstić information content (AvgIpc) is 2.42. The standard InChI is InChI=1S/C11H15N2O4P/c14-11(12-15)9-13-7-4-8-17-18(13,16)10-5-2-1-3-6-10/h1-3,5-6,15H,4,7-9H2,(H,12,14). The van der Waals surface area contributed by atoms with E-state index in [0.717, 1.165) is 0 Å². The highest BCUT2D eigenvalue weighted by atomic mass is 31.2. The number of rotatable bonds is 3. The first-order chi connectivity index (χ1) is 8.66. The molecule has 2 N–H and O–H groups in total. The van der Waals surface area contributed by atoms with Crippen molar-refractivity contribution < 1.29 is 19.1 Å². The molecule has 1 aliphatic rings. The van der Waals surface area contributed by atoms with Gasteiger partial charge >= 0.3 is 7.52 Å². The number of amides is 1. The van der Waals surface area contributed by atoms with Crippen LogP contribution in [0, 0.1) is 0 Å². The molecule has 0 aromatic heterocycles. The van der Waals surface area contributed by atoms with Crippen LogP contribution in [-0.2, 0) is 13.9 Å². The van der Waals surface area contributed by atoms with E-state index in [4.69, 9.17) is 9.73 Å². The van der Waals surface area contributed by atoms with Gasteiger partial charge in [-0.3, -0.25) is 14.6 Å². The minimum Gasteiger partial charge on any atom is -0.314 e. The average molecular weight is 270 g/mol. The van der Waals surface area contributed by atoms with Crippen molar-refractivity contribution in [3.8, 4) is 0 Å². The van der Waals surface area contributed by atoms with E-state index < -0.39 is 13.4 Å². The fourth-order valence-electron chi connectivity index (χ4n) is 1.88. The lowest BCUT2D eigenvalue weighted by atomic mass is 10.4. The predicted molar refractivity (Wildman–Crippen MR) is 65.8 cm³/mol. The van der Waals surface area contributed by atoms with Gasteiger partial charge in [0.15, 0.2) is 0 Å². The molecule has 1 fully saturated rings. The SMILES string of the molecule is O=C(CN1CCCOP1(=O)c1ccccc1)NO. The number of hydrogen-bond donors (Lipinski definition) is 2. The minimum atomic E-state index is -3.18. The zero-order valence-corrected chi connectivity index (χ0v) is 10.7. The second-order valence-corrected chi connectivity index (χ2v) is 6.35. The van der Waals surface area contributed by atoms with Gasteiger partial charge in [0.2, 0.25) is 0 Å². The Labute approximate surface area is 105 Å². The zero-order chi connectivity index (χ0) is 13.0. The minimum absolute atomic E-state index is 0.150. The summed E-state index contributed by atoms with van der Waals surface area (Å²) in [6, 6.07) is 8.81. The monoisotopic (exact) mass is 270 g/mol. The third-order valence-electron chi connectivity index (χ3n) is 2.73. The molecule has 1 heterocycles. The van der Waals surface area contributed by atoms with Gasteiger partial charge < -0.3 is 4.52 Å². The fraction of sp³-hybridized carbons (Fsp3) is 0.364. The number of carbonyl (C=O) groups is 1. The van der Waals surface area contributed by atoms with Crippen LogP contribution in [0.2, 0.25) is 0 Å². The van der Waals surface area contributed by atoms with Crippen LogP contribution in [0.25, 0.3) is 0 Å². The van der Waals surface area contributed by atoms with Gasteiger partial charge in [0, 0.05) is 6.54 Å². The Morgan fingerprint density at radius 1 is 1.44 bits per heavy atom. The predicted octanol–water partition coefficient (Wildman–Crippen LogP) is 0.733. The summed E-state index contributed by atoms with van der Waals surface area (Å²) in [5, 5.41) is 9.11. The molecule has 1 aromatic rings. The molecule has 1 amide bonds. The molecular formula is C11H15N2O4P. The Balaban J connectivity index is 2.27. The van der Waals surface area contributed by atoms with Crippen LogP contribution < -0.4 is 10.8 Å². The third kappa shape index (κ3) is 2.62. The van der Waals surface area contributed by atoms with E-state index in [-0.39, 0.29) is 6.54 Å². The number of hydrogen-bond acceptors (Lipinski definition) is 4. The van der Waals surface area contributed by atoms with Gasteiger partial charge in [-0.25, -0.2) is 10.2 Å². The summed E-state index contributed by atoms with van der Waals surface area (Å²) >= 11 is 0. The Morgan fingerprint density at radius 3 is 2.83 bits per heavy atom. The molecule has 1 aromatic carbocycles. The molecule has 1 atom stereocenters. The molecule has 0 radical (unpaired) electrons. The molecule has 6 nitrogen and oxygen atoms in total. The summed E-state index contributed by atoms with van der Waals surface area (Å²) in [6.07, 6.45) is 0.704. The molecule has 2 rings (SSSR count). The highest BCUT2D eigenvalue weighted by Crippen LogP contribution is 2.51. The first-order valence-corrected chi connectivity index (χ1v) is 7.23. The van der Waals surface area contributed by atoms with Gasteiger partial charge in [0.05, 0.1) is 18.5 Å². The number of benzene rings is 1. The summed E-state index contributed by atoms with van der Waals surface area (Å²) in [5.74, 6) is -0.600. The molecule has 98 valence electrons. The van der Waals surface area contributed by atoms with Crippen LogP contribution in [0.5, 0.6) is 0 Å². The molecule has 18 heavy (non-hydrogen) atoms. The van der Waals surface area contributed by atoms with E-state index in [9.17, 15) is 9.36 Å². The van der Waals surface area contributed by atoms with Gasteiger partial charge in [0.1, 0.15) is 0 Å². The van der Waals surface area contributed by atoms with E-state index in [1.54, 1.807) is 29.7 Å². The zero-order valence-electron chi connectivity index (χ0n) is 9.78. The van der Waals surface area contributed by atoms with E-state index in [0.29, 0.717) is 24.9 Å². The van der Waals surface area contributed by atoms with Crippen LogP contribution in [0.4, 0.5) is 0 Å². The maximum Gasteiger partial charge on any atom is 0.302 e. The largest absolute Gasteiger partial charge is 0.314 e. The molecular weight excluding hydrogens is 255 g/mol. The van der Waals surface area contributed by atoms with Crippen molar-refractivity contribution in [3.05, 3.63) is 30.3 Å². The quantitative estimate of drug-likeness (QED) is 0.481. The molecule has 0 aliphatic carbocycles. The van der Waals surface area contributed by atoms with Crippen molar-refractivity contribution in [2.24, 2.45) is 0 Å². The summed E-state index contributed by atoms with van der Waals surface area (Å²) in [5.41, 5.74) is 1.54. The second kappa shape index (κ2) is 5.63. The fourth-order valence-corrected chi connectivity index (χ4v) is 4.16. The first-order valence-electron chi connectivity index (χ1n) is 5.65. The smallest absolute Gasteiger partial charge is 0.302 e. The number of nitrogens with zero attached hydrogens (tertiary/aromatic N) is 1. The van der Waals surface area contributed by atoms with Crippen molar-refractivity contribution in [1.29, 1.82) is 0 Å². The van der Waals surface area contributed by atoms with Crippen LogP contribution in [0.3, 0.4) is 0 Å². The topological polar surface area (TPSA) is 78.9 Å². The first kappa shape index (κ1) is 13.2. The summed E-state index contributed by atoms with van der Waals surface area (Å²) < 4.78 is 19.8. The van der Waals surface area contributed by atoms with E-state index >= 15 is 0 Å². The van der Waals surface area contributed by atoms with Gasteiger partial charge in [-0.05, 0) is 18.6 Å². The van der Waals surface area contributed by atoms with Crippen molar-refractivity contribution in [3.63, 3.8) is 0 Å². The molecule has 1 saturated heterocycles. The molecule has 0 saturated carbocycles. The maximum atomic E-state index is 12.9. The van der Waals surface area contributed by atoms with Crippen LogP contribution in [0.15, 0.2) is 30.3 Å². The van der Waals surface area contributed by atoms with Crippen molar-refractivity contribution in [2.45, 2.75) is 6.42 Å². The Kier molecular flexibility index (Phi) is 4.14. The van der Waals surface area contributed by atoms with Gasteiger partial charge in [-0.1, -0.05) is 18.2 Å². The second-order valence-electron chi connectivity index (χ2n) is 3.97. The summed E-state index contributed by atoms with van der Waals surface area (Å²) in [7, 11) is -3.18. The van der Waals surface area contributed by atoms with Crippen LogP contribution >= 0.6 is 7.52 Å². The summed E-state index contributed by atoms with van der Waals surface area (Å²) in [4.78, 5) is 11.2. The highest BCUT2D eigenvalue weighted by Gasteiger charge is 2.37. The van der Waals surface area contributed by atoms with Crippen molar-refractivity contribution in [1.82, 2.24) is 10.2 Å². The molecule has 1 unspecified atom stereocenters. The van der Waals surface area contributed by atoms with E-state index in [2.05, 4.69) is 0 Å². The maximum absolute atomic E-state index is 12.9. The summed E-state index contributed by atoms with van der Waals surface area (Å²) in [6.45, 7) is 0.756. The van der Waals surface area contributed by atoms with Gasteiger partial charge in [0.25, 0.3) is 5.91 Å². The molecule has 0 bridgehead atoms.